The highest BCUT2D eigenvalue weighted by molar-refractivity contribution is 5.76. The number of aliphatic carboxylic acids is 1. The van der Waals surface area contributed by atoms with Gasteiger partial charge in [0.1, 0.15) is 0 Å². The molecule has 0 radical (unpaired) electrons. The van der Waals surface area contributed by atoms with Crippen molar-refractivity contribution < 1.29 is 19.4 Å². The quantitative estimate of drug-likeness (QED) is 0.170. The van der Waals surface area contributed by atoms with Crippen LogP contribution in [0.5, 0.6) is 0 Å². The standard InChI is InChI=1S/C23H44O4/c1-2-3-4-5-6-7-8-9-10-11-12-13-14-15-16-17-18-21-27-23(26)20-19-22(24)25/h2-21H2,1H3,(H,24,25). The summed E-state index contributed by atoms with van der Waals surface area (Å²) in [6.45, 7) is 2.70. The number of carboxylic acid groups (broad SMARTS) is 1. The van der Waals surface area contributed by atoms with E-state index in [1.807, 2.05) is 0 Å². The largest absolute Gasteiger partial charge is 0.481 e. The van der Waals surface area contributed by atoms with Crippen LogP contribution in [0.2, 0.25) is 0 Å². The molecule has 0 saturated heterocycles. The molecule has 0 heterocycles. The number of hydrogen-bond acceptors (Lipinski definition) is 3. The summed E-state index contributed by atoms with van der Waals surface area (Å²) in [5.41, 5.74) is 0. The third-order valence-corrected chi connectivity index (χ3v) is 5.05. The SMILES string of the molecule is CCCCCCCCCCCCCCCCCCCOC(=O)CCC(=O)O. The van der Waals surface area contributed by atoms with Crippen LogP contribution in [0, 0.1) is 0 Å². The monoisotopic (exact) mass is 384 g/mol. The van der Waals surface area contributed by atoms with Gasteiger partial charge in [0.25, 0.3) is 0 Å². The van der Waals surface area contributed by atoms with Crippen LogP contribution in [-0.2, 0) is 14.3 Å². The Bertz CT molecular complexity index is 341. The van der Waals surface area contributed by atoms with Crippen LogP contribution in [0.15, 0.2) is 0 Å². The van der Waals surface area contributed by atoms with Gasteiger partial charge in [-0.05, 0) is 6.42 Å². The van der Waals surface area contributed by atoms with Gasteiger partial charge in [-0.2, -0.15) is 0 Å². The Hall–Kier alpha value is -1.06. The first-order valence-electron chi connectivity index (χ1n) is 11.5. The second-order valence-electron chi connectivity index (χ2n) is 7.77. The average molecular weight is 385 g/mol. The normalized spacial score (nSPS) is 10.9. The molecule has 0 unspecified atom stereocenters. The Balaban J connectivity index is 3.09. The molecule has 0 bridgehead atoms. The molecule has 4 heteroatoms. The van der Waals surface area contributed by atoms with Crippen molar-refractivity contribution in [3.8, 4) is 0 Å². The van der Waals surface area contributed by atoms with Crippen molar-refractivity contribution in [3.05, 3.63) is 0 Å². The third-order valence-electron chi connectivity index (χ3n) is 5.05. The zero-order valence-electron chi connectivity index (χ0n) is 17.8. The molecule has 0 aliphatic rings. The van der Waals surface area contributed by atoms with Crippen LogP contribution in [-0.4, -0.2) is 23.7 Å². The number of carbonyl (C=O) groups is 2. The highest BCUT2D eigenvalue weighted by Crippen LogP contribution is 2.14. The van der Waals surface area contributed by atoms with Gasteiger partial charge in [0.05, 0.1) is 19.4 Å². The molecule has 0 aromatic rings. The second-order valence-corrected chi connectivity index (χ2v) is 7.77. The number of unbranched alkanes of at least 4 members (excludes halogenated alkanes) is 16. The molecule has 0 spiro atoms. The summed E-state index contributed by atoms with van der Waals surface area (Å²) in [6, 6.07) is 0. The molecule has 160 valence electrons. The molecule has 0 aromatic carbocycles. The van der Waals surface area contributed by atoms with E-state index in [9.17, 15) is 9.59 Å². The van der Waals surface area contributed by atoms with Gasteiger partial charge in [0.2, 0.25) is 0 Å². The summed E-state index contributed by atoms with van der Waals surface area (Å²) in [4.78, 5) is 21.6. The molecular weight excluding hydrogens is 340 g/mol. The summed E-state index contributed by atoms with van der Waals surface area (Å²) in [7, 11) is 0. The molecular formula is C23H44O4. The molecule has 0 aromatic heterocycles. The first kappa shape index (κ1) is 25.9. The Morgan fingerprint density at radius 1 is 0.593 bits per heavy atom. The number of carboxylic acids is 1. The van der Waals surface area contributed by atoms with Crippen molar-refractivity contribution >= 4 is 11.9 Å². The van der Waals surface area contributed by atoms with E-state index in [0.29, 0.717) is 6.61 Å². The van der Waals surface area contributed by atoms with Crippen LogP contribution in [0.1, 0.15) is 129 Å². The van der Waals surface area contributed by atoms with E-state index in [1.165, 1.54) is 96.3 Å². The van der Waals surface area contributed by atoms with Crippen molar-refractivity contribution in [2.24, 2.45) is 0 Å². The van der Waals surface area contributed by atoms with Crippen LogP contribution in [0.25, 0.3) is 0 Å². The summed E-state index contributed by atoms with van der Waals surface area (Å²) in [5.74, 6) is -1.35. The van der Waals surface area contributed by atoms with Crippen LogP contribution in [0.4, 0.5) is 0 Å². The highest BCUT2D eigenvalue weighted by atomic mass is 16.5. The summed E-state index contributed by atoms with van der Waals surface area (Å²) < 4.78 is 5.01. The van der Waals surface area contributed by atoms with Crippen molar-refractivity contribution in [3.63, 3.8) is 0 Å². The molecule has 0 atom stereocenters. The predicted molar refractivity (Wildman–Crippen MR) is 112 cm³/mol. The number of ether oxygens (including phenoxy) is 1. The lowest BCUT2D eigenvalue weighted by molar-refractivity contribution is -0.147. The molecule has 27 heavy (non-hydrogen) atoms. The minimum atomic E-state index is -0.954. The molecule has 0 fully saturated rings. The Labute approximate surface area is 167 Å². The van der Waals surface area contributed by atoms with Gasteiger partial charge in [-0.3, -0.25) is 9.59 Å². The van der Waals surface area contributed by atoms with Crippen LogP contribution < -0.4 is 0 Å². The molecule has 0 saturated carbocycles. The average Bonchev–Trinajstić information content (AvgIpc) is 2.65. The predicted octanol–water partition coefficient (Wildman–Crippen LogP) is 7.05. The minimum Gasteiger partial charge on any atom is -0.481 e. The molecule has 1 N–H and O–H groups in total. The van der Waals surface area contributed by atoms with E-state index < -0.39 is 11.9 Å². The summed E-state index contributed by atoms with van der Waals surface area (Å²) >= 11 is 0. The van der Waals surface area contributed by atoms with Gasteiger partial charge in [0.15, 0.2) is 0 Å². The van der Waals surface area contributed by atoms with E-state index in [-0.39, 0.29) is 12.8 Å². The fourth-order valence-electron chi connectivity index (χ4n) is 3.29. The van der Waals surface area contributed by atoms with Gasteiger partial charge in [-0.25, -0.2) is 0 Å². The first-order valence-corrected chi connectivity index (χ1v) is 11.5. The fourth-order valence-corrected chi connectivity index (χ4v) is 3.29. The fraction of sp³-hybridized carbons (Fsp3) is 0.913. The maximum Gasteiger partial charge on any atom is 0.306 e. The first-order chi connectivity index (χ1) is 13.2. The van der Waals surface area contributed by atoms with Gasteiger partial charge >= 0.3 is 11.9 Å². The van der Waals surface area contributed by atoms with E-state index in [1.54, 1.807) is 0 Å². The zero-order valence-corrected chi connectivity index (χ0v) is 17.8. The van der Waals surface area contributed by atoms with E-state index >= 15 is 0 Å². The van der Waals surface area contributed by atoms with Crippen molar-refractivity contribution in [1.29, 1.82) is 0 Å². The zero-order chi connectivity index (χ0) is 20.0. The van der Waals surface area contributed by atoms with Crippen molar-refractivity contribution in [2.75, 3.05) is 6.61 Å². The van der Waals surface area contributed by atoms with Crippen molar-refractivity contribution in [1.82, 2.24) is 0 Å². The molecule has 0 aliphatic carbocycles. The van der Waals surface area contributed by atoms with E-state index in [2.05, 4.69) is 6.92 Å². The second kappa shape index (κ2) is 21.2. The lowest BCUT2D eigenvalue weighted by atomic mass is 10.0. The molecule has 0 rings (SSSR count). The molecule has 4 nitrogen and oxygen atoms in total. The van der Waals surface area contributed by atoms with Gasteiger partial charge < -0.3 is 9.84 Å². The van der Waals surface area contributed by atoms with E-state index in [4.69, 9.17) is 9.84 Å². The summed E-state index contributed by atoms with van der Waals surface area (Å²) in [5, 5.41) is 8.48. The third kappa shape index (κ3) is 22.9. The lowest BCUT2D eigenvalue weighted by Gasteiger charge is -2.05. The van der Waals surface area contributed by atoms with Crippen molar-refractivity contribution in [2.45, 2.75) is 129 Å². The Morgan fingerprint density at radius 2 is 0.963 bits per heavy atom. The van der Waals surface area contributed by atoms with Crippen LogP contribution >= 0.6 is 0 Å². The number of rotatable bonds is 21. The number of carbonyl (C=O) groups excluding carboxylic acids is 1. The van der Waals surface area contributed by atoms with Gasteiger partial charge in [-0.1, -0.05) is 110 Å². The molecule has 0 amide bonds. The maximum absolute atomic E-state index is 11.2. The molecule has 0 aliphatic heterocycles. The topological polar surface area (TPSA) is 63.6 Å². The van der Waals surface area contributed by atoms with Crippen LogP contribution in [0.3, 0.4) is 0 Å². The number of esters is 1. The van der Waals surface area contributed by atoms with Gasteiger partial charge in [-0.15, -0.1) is 0 Å². The smallest absolute Gasteiger partial charge is 0.306 e. The maximum atomic E-state index is 11.2. The van der Waals surface area contributed by atoms with E-state index in [0.717, 1.165) is 12.8 Å². The Morgan fingerprint density at radius 3 is 1.33 bits per heavy atom. The minimum absolute atomic E-state index is 0.0196. The number of hydrogen-bond donors (Lipinski definition) is 1. The van der Waals surface area contributed by atoms with Gasteiger partial charge in [0, 0.05) is 0 Å². The lowest BCUT2D eigenvalue weighted by Crippen LogP contribution is -2.08. The Kier molecular flexibility index (Phi) is 20.4. The highest BCUT2D eigenvalue weighted by Gasteiger charge is 2.05. The summed E-state index contributed by atoms with van der Waals surface area (Å²) in [6.07, 6.45) is 22.4.